The summed E-state index contributed by atoms with van der Waals surface area (Å²) in [5.41, 5.74) is 1.47. The Balaban J connectivity index is 1.42. The standard InChI is InChI=1S/C30H43F4N5O4S2/c1-45(42,43)38-13-9-27-25(19-38)29(35-39(27)18-24(41)17-37-10-3-2-4-23(37)20-40)21-5-6-26(30(32,33)34)28(16-21)44-15-14-36-11-7-22(31)8-12-36/h5-6,16,22-24,40-41H,2-4,7-15,17-20H2,1H3. The SMILES string of the molecule is CS(=O)(=O)N1CCc2c(c(-c3ccc(C(F)(F)F)c(SCCN4CCC(F)CC4)c3)nn2CC(O)CN2CCCCC2CO)C1. The van der Waals surface area contributed by atoms with Crippen LogP contribution in [-0.4, -0.2) is 119 Å². The number of aliphatic hydroxyl groups excluding tert-OH is 2. The number of hydrogen-bond acceptors (Lipinski definition) is 8. The van der Waals surface area contributed by atoms with E-state index in [9.17, 15) is 36.2 Å². The summed E-state index contributed by atoms with van der Waals surface area (Å²) < 4.78 is 83.6. The molecule has 4 heterocycles. The second kappa shape index (κ2) is 14.6. The molecule has 252 valence electrons. The van der Waals surface area contributed by atoms with Gasteiger partial charge in [0.05, 0.1) is 36.8 Å². The summed E-state index contributed by atoms with van der Waals surface area (Å²) in [6, 6.07) is 3.89. The van der Waals surface area contributed by atoms with Crippen molar-refractivity contribution in [2.24, 2.45) is 0 Å². The number of thioether (sulfide) groups is 1. The zero-order chi connectivity index (χ0) is 32.4. The molecule has 2 N–H and O–H groups in total. The fourth-order valence-electron chi connectivity index (χ4n) is 6.60. The number of alkyl halides is 4. The van der Waals surface area contributed by atoms with Gasteiger partial charge in [-0.2, -0.15) is 22.6 Å². The van der Waals surface area contributed by atoms with Crippen molar-refractivity contribution in [3.63, 3.8) is 0 Å². The number of halogens is 4. The zero-order valence-corrected chi connectivity index (χ0v) is 27.2. The van der Waals surface area contributed by atoms with Crippen molar-refractivity contribution in [1.29, 1.82) is 0 Å². The Labute approximate surface area is 266 Å². The van der Waals surface area contributed by atoms with Gasteiger partial charge in [-0.3, -0.25) is 9.58 Å². The summed E-state index contributed by atoms with van der Waals surface area (Å²) in [6.07, 6.45) is -0.999. The number of sulfonamides is 1. The van der Waals surface area contributed by atoms with Gasteiger partial charge in [-0.05, 0) is 44.4 Å². The van der Waals surface area contributed by atoms with Gasteiger partial charge in [0.2, 0.25) is 10.0 Å². The number of likely N-dealkylation sites (tertiary alicyclic amines) is 2. The second-order valence-electron chi connectivity index (χ2n) is 12.4. The topological polar surface area (TPSA) is 102 Å². The number of rotatable bonds is 11. The van der Waals surface area contributed by atoms with Gasteiger partial charge < -0.3 is 15.1 Å². The second-order valence-corrected chi connectivity index (χ2v) is 15.5. The van der Waals surface area contributed by atoms with Gasteiger partial charge in [0, 0.05) is 79.2 Å². The Bertz CT molecular complexity index is 1420. The highest BCUT2D eigenvalue weighted by Crippen LogP contribution is 2.40. The normalized spacial score (nSPS) is 22.1. The van der Waals surface area contributed by atoms with E-state index in [2.05, 4.69) is 9.80 Å². The molecule has 0 aliphatic carbocycles. The van der Waals surface area contributed by atoms with Gasteiger partial charge in [0.1, 0.15) is 6.17 Å². The number of fused-ring (bicyclic) bond motifs is 1. The number of aliphatic hydroxyl groups is 2. The van der Waals surface area contributed by atoms with E-state index in [0.29, 0.717) is 68.0 Å². The summed E-state index contributed by atoms with van der Waals surface area (Å²) in [5, 5.41) is 25.6. The number of hydrogen-bond donors (Lipinski definition) is 2. The summed E-state index contributed by atoms with van der Waals surface area (Å²) in [7, 11) is -3.53. The van der Waals surface area contributed by atoms with Crippen LogP contribution in [-0.2, 0) is 35.7 Å². The van der Waals surface area contributed by atoms with Crippen LogP contribution in [0.5, 0.6) is 0 Å². The third kappa shape index (κ3) is 8.59. The van der Waals surface area contributed by atoms with Crippen LogP contribution in [0, 0.1) is 0 Å². The van der Waals surface area contributed by atoms with Crippen molar-refractivity contribution < 1.29 is 36.2 Å². The summed E-state index contributed by atoms with van der Waals surface area (Å²) in [6.45, 7) is 3.23. The van der Waals surface area contributed by atoms with E-state index >= 15 is 0 Å². The van der Waals surface area contributed by atoms with Crippen LogP contribution < -0.4 is 0 Å². The van der Waals surface area contributed by atoms with Crippen molar-refractivity contribution >= 4 is 21.8 Å². The van der Waals surface area contributed by atoms with Crippen molar-refractivity contribution in [3.05, 3.63) is 35.0 Å². The Morgan fingerprint density at radius 2 is 1.84 bits per heavy atom. The lowest BCUT2D eigenvalue weighted by Crippen LogP contribution is -2.46. The molecule has 2 saturated heterocycles. The molecule has 0 amide bonds. The van der Waals surface area contributed by atoms with Crippen molar-refractivity contribution in [2.75, 3.05) is 57.9 Å². The minimum atomic E-state index is -4.57. The Hall–Kier alpha value is -1.75. The lowest BCUT2D eigenvalue weighted by atomic mass is 10.0. The maximum atomic E-state index is 14.1. The van der Waals surface area contributed by atoms with Gasteiger partial charge >= 0.3 is 6.18 Å². The molecule has 15 heteroatoms. The first kappa shape index (κ1) is 34.6. The highest BCUT2D eigenvalue weighted by Gasteiger charge is 2.35. The summed E-state index contributed by atoms with van der Waals surface area (Å²) in [5.74, 6) is 0.398. The van der Waals surface area contributed by atoms with E-state index in [0.717, 1.165) is 55.6 Å². The molecule has 9 nitrogen and oxygen atoms in total. The van der Waals surface area contributed by atoms with E-state index in [1.807, 2.05) is 0 Å². The Kier molecular flexibility index (Phi) is 11.2. The molecule has 5 rings (SSSR count). The number of benzene rings is 1. The van der Waals surface area contributed by atoms with E-state index in [1.165, 1.54) is 16.4 Å². The van der Waals surface area contributed by atoms with E-state index in [-0.39, 0.29) is 37.2 Å². The molecular weight excluding hydrogens is 634 g/mol. The monoisotopic (exact) mass is 677 g/mol. The Morgan fingerprint density at radius 3 is 2.53 bits per heavy atom. The van der Waals surface area contributed by atoms with Crippen LogP contribution in [0.25, 0.3) is 11.3 Å². The van der Waals surface area contributed by atoms with Crippen LogP contribution >= 0.6 is 11.8 Å². The third-order valence-electron chi connectivity index (χ3n) is 9.10. The van der Waals surface area contributed by atoms with Crippen molar-refractivity contribution in [1.82, 2.24) is 23.9 Å². The molecule has 0 radical (unpaired) electrons. The zero-order valence-electron chi connectivity index (χ0n) is 25.6. The first-order valence-corrected chi connectivity index (χ1v) is 18.4. The van der Waals surface area contributed by atoms with Gasteiger partial charge in [0.15, 0.2) is 0 Å². The largest absolute Gasteiger partial charge is 0.417 e. The van der Waals surface area contributed by atoms with Crippen LogP contribution in [0.3, 0.4) is 0 Å². The van der Waals surface area contributed by atoms with Crippen molar-refractivity contribution in [3.8, 4) is 11.3 Å². The average molecular weight is 678 g/mol. The summed E-state index contributed by atoms with van der Waals surface area (Å²) >= 11 is 1.10. The molecule has 2 atom stereocenters. The molecule has 45 heavy (non-hydrogen) atoms. The minimum absolute atomic E-state index is 0.0136. The van der Waals surface area contributed by atoms with Crippen LogP contribution in [0.15, 0.2) is 23.1 Å². The van der Waals surface area contributed by atoms with E-state index in [4.69, 9.17) is 5.10 Å². The first-order chi connectivity index (χ1) is 21.3. The molecule has 0 spiro atoms. The molecule has 2 aromatic rings. The highest BCUT2D eigenvalue weighted by atomic mass is 32.2. The predicted molar refractivity (Wildman–Crippen MR) is 165 cm³/mol. The quantitative estimate of drug-likeness (QED) is 0.275. The predicted octanol–water partition coefficient (Wildman–Crippen LogP) is 3.62. The molecule has 2 unspecified atom stereocenters. The maximum Gasteiger partial charge on any atom is 0.417 e. The molecular formula is C30H43F4N5O4S2. The van der Waals surface area contributed by atoms with Crippen molar-refractivity contribution in [2.45, 2.75) is 81.0 Å². The molecule has 1 aromatic heterocycles. The van der Waals surface area contributed by atoms with E-state index < -0.39 is 34.0 Å². The maximum absolute atomic E-state index is 14.1. The molecule has 0 bridgehead atoms. The average Bonchev–Trinajstić information content (AvgIpc) is 3.34. The summed E-state index contributed by atoms with van der Waals surface area (Å²) in [4.78, 5) is 4.20. The molecule has 2 fully saturated rings. The molecule has 0 saturated carbocycles. The first-order valence-electron chi connectivity index (χ1n) is 15.6. The third-order valence-corrected chi connectivity index (χ3v) is 11.4. The molecule has 3 aliphatic heterocycles. The Morgan fingerprint density at radius 1 is 1.09 bits per heavy atom. The van der Waals surface area contributed by atoms with Crippen LogP contribution in [0.2, 0.25) is 0 Å². The number of aromatic nitrogens is 2. The number of nitrogens with zero attached hydrogens (tertiary/aromatic N) is 5. The van der Waals surface area contributed by atoms with Gasteiger partial charge in [0.25, 0.3) is 0 Å². The fourth-order valence-corrected chi connectivity index (χ4v) is 8.51. The van der Waals surface area contributed by atoms with Crippen LogP contribution in [0.1, 0.15) is 48.9 Å². The number of piperidine rings is 2. The fraction of sp³-hybridized carbons (Fsp3) is 0.700. The van der Waals surface area contributed by atoms with Gasteiger partial charge in [-0.1, -0.05) is 12.5 Å². The highest BCUT2D eigenvalue weighted by molar-refractivity contribution is 7.99. The lowest BCUT2D eigenvalue weighted by molar-refractivity contribution is -0.139. The molecule has 1 aromatic carbocycles. The van der Waals surface area contributed by atoms with Gasteiger partial charge in [-0.25, -0.2) is 12.8 Å². The number of β-amino-alcohol motifs (C(OH)–C–C–N with tert-alkyl or cyclic N) is 1. The van der Waals surface area contributed by atoms with E-state index in [1.54, 1.807) is 4.68 Å². The minimum Gasteiger partial charge on any atom is -0.395 e. The molecule has 3 aliphatic rings. The smallest absolute Gasteiger partial charge is 0.395 e. The lowest BCUT2D eigenvalue weighted by Gasteiger charge is -2.35. The van der Waals surface area contributed by atoms with Gasteiger partial charge in [-0.15, -0.1) is 11.8 Å². The van der Waals surface area contributed by atoms with Crippen LogP contribution in [0.4, 0.5) is 17.6 Å².